The number of rotatable bonds is 6. The molecular weight excluding hydrogens is 244 g/mol. The summed E-state index contributed by atoms with van der Waals surface area (Å²) in [5, 5.41) is 5.89. The molecule has 2 N–H and O–H groups in total. The zero-order chi connectivity index (χ0) is 12.7. The molecule has 94 valence electrons. The standard InChI is InChI=1S/C10H15ClN4O2/c1-7(10(16)13-3-4-17-2)14-9-6-12-5-8(11)15-9/h5-7H,3-4H2,1-2H3,(H,13,16)(H,14,15). The van der Waals surface area contributed by atoms with E-state index in [2.05, 4.69) is 20.6 Å². The highest BCUT2D eigenvalue weighted by molar-refractivity contribution is 6.29. The average Bonchev–Trinajstić information content (AvgIpc) is 2.29. The van der Waals surface area contributed by atoms with Gasteiger partial charge >= 0.3 is 0 Å². The second-order valence-corrected chi connectivity index (χ2v) is 3.76. The van der Waals surface area contributed by atoms with Gasteiger partial charge in [0.2, 0.25) is 5.91 Å². The van der Waals surface area contributed by atoms with Crippen LogP contribution < -0.4 is 10.6 Å². The summed E-state index contributed by atoms with van der Waals surface area (Å²) >= 11 is 5.68. The predicted octanol–water partition coefficient (Wildman–Crippen LogP) is 0.693. The van der Waals surface area contributed by atoms with Gasteiger partial charge in [0.05, 0.1) is 19.0 Å². The number of carbonyl (C=O) groups is 1. The molecule has 1 amide bonds. The number of aromatic nitrogens is 2. The van der Waals surface area contributed by atoms with Crippen LogP contribution in [0.2, 0.25) is 5.15 Å². The third-order valence-electron chi connectivity index (χ3n) is 1.97. The Labute approximate surface area is 105 Å². The largest absolute Gasteiger partial charge is 0.383 e. The van der Waals surface area contributed by atoms with Crippen LogP contribution in [-0.4, -0.2) is 42.2 Å². The van der Waals surface area contributed by atoms with Gasteiger partial charge in [-0.1, -0.05) is 11.6 Å². The fourth-order valence-electron chi connectivity index (χ4n) is 1.13. The zero-order valence-electron chi connectivity index (χ0n) is 9.74. The molecule has 1 aromatic rings. The van der Waals surface area contributed by atoms with Crippen LogP contribution in [0.4, 0.5) is 5.82 Å². The van der Waals surface area contributed by atoms with Gasteiger partial charge in [-0.3, -0.25) is 9.78 Å². The fourth-order valence-corrected chi connectivity index (χ4v) is 1.28. The van der Waals surface area contributed by atoms with Crippen molar-refractivity contribution >= 4 is 23.3 Å². The van der Waals surface area contributed by atoms with Crippen molar-refractivity contribution in [3.63, 3.8) is 0 Å². The molecule has 0 aliphatic heterocycles. The van der Waals surface area contributed by atoms with Gasteiger partial charge in [-0.25, -0.2) is 4.98 Å². The molecule has 17 heavy (non-hydrogen) atoms. The van der Waals surface area contributed by atoms with Crippen molar-refractivity contribution in [1.29, 1.82) is 0 Å². The lowest BCUT2D eigenvalue weighted by Gasteiger charge is -2.14. The van der Waals surface area contributed by atoms with Crippen molar-refractivity contribution in [3.8, 4) is 0 Å². The molecule has 0 saturated heterocycles. The normalized spacial score (nSPS) is 11.9. The quantitative estimate of drug-likeness (QED) is 0.735. The predicted molar refractivity (Wildman–Crippen MR) is 65.0 cm³/mol. The highest BCUT2D eigenvalue weighted by atomic mass is 35.5. The maximum absolute atomic E-state index is 11.6. The maximum atomic E-state index is 11.6. The van der Waals surface area contributed by atoms with Crippen LogP contribution in [0.3, 0.4) is 0 Å². The molecule has 0 radical (unpaired) electrons. The Balaban J connectivity index is 2.43. The monoisotopic (exact) mass is 258 g/mol. The minimum atomic E-state index is -0.417. The lowest BCUT2D eigenvalue weighted by atomic mass is 10.3. The first-order chi connectivity index (χ1) is 8.13. The summed E-state index contributed by atoms with van der Waals surface area (Å²) in [4.78, 5) is 19.4. The van der Waals surface area contributed by atoms with Crippen LogP contribution in [0, 0.1) is 0 Å². The number of amides is 1. The number of methoxy groups -OCH3 is 1. The summed E-state index contributed by atoms with van der Waals surface area (Å²) in [6.45, 7) is 2.68. The Morgan fingerprint density at radius 1 is 1.59 bits per heavy atom. The van der Waals surface area contributed by atoms with E-state index in [1.54, 1.807) is 14.0 Å². The van der Waals surface area contributed by atoms with Crippen LogP contribution in [0.1, 0.15) is 6.92 Å². The van der Waals surface area contributed by atoms with E-state index in [1.807, 2.05) is 0 Å². The number of nitrogens with zero attached hydrogens (tertiary/aromatic N) is 2. The van der Waals surface area contributed by atoms with Crippen LogP contribution in [0.15, 0.2) is 12.4 Å². The molecule has 0 aliphatic rings. The van der Waals surface area contributed by atoms with E-state index in [4.69, 9.17) is 16.3 Å². The Bertz CT molecular complexity index is 375. The molecule has 0 saturated carbocycles. The molecule has 1 rings (SSSR count). The first-order valence-corrected chi connectivity index (χ1v) is 5.52. The van der Waals surface area contributed by atoms with E-state index in [0.717, 1.165) is 0 Å². The lowest BCUT2D eigenvalue weighted by Crippen LogP contribution is -2.39. The second-order valence-electron chi connectivity index (χ2n) is 3.38. The van der Waals surface area contributed by atoms with Crippen LogP contribution in [-0.2, 0) is 9.53 Å². The molecule has 0 aromatic carbocycles. The van der Waals surface area contributed by atoms with Gasteiger partial charge < -0.3 is 15.4 Å². The van der Waals surface area contributed by atoms with Crippen LogP contribution in [0.25, 0.3) is 0 Å². The molecule has 0 spiro atoms. The van der Waals surface area contributed by atoms with Crippen molar-refractivity contribution in [1.82, 2.24) is 15.3 Å². The molecule has 1 heterocycles. The number of nitrogens with one attached hydrogen (secondary N) is 2. The van der Waals surface area contributed by atoms with Gasteiger partial charge in [-0.05, 0) is 6.92 Å². The van der Waals surface area contributed by atoms with Crippen molar-refractivity contribution in [2.45, 2.75) is 13.0 Å². The van der Waals surface area contributed by atoms with Gasteiger partial charge in [-0.15, -0.1) is 0 Å². The number of hydrogen-bond donors (Lipinski definition) is 2. The summed E-state index contributed by atoms with van der Waals surface area (Å²) in [6.07, 6.45) is 2.93. The summed E-state index contributed by atoms with van der Waals surface area (Å²) in [5.74, 6) is 0.329. The molecule has 1 aromatic heterocycles. The average molecular weight is 259 g/mol. The highest BCUT2D eigenvalue weighted by Gasteiger charge is 2.12. The highest BCUT2D eigenvalue weighted by Crippen LogP contribution is 2.07. The smallest absolute Gasteiger partial charge is 0.242 e. The number of halogens is 1. The van der Waals surface area contributed by atoms with E-state index < -0.39 is 6.04 Å². The van der Waals surface area contributed by atoms with E-state index in [0.29, 0.717) is 19.0 Å². The van der Waals surface area contributed by atoms with E-state index in [1.165, 1.54) is 12.4 Å². The van der Waals surface area contributed by atoms with Crippen LogP contribution >= 0.6 is 11.6 Å². The first kappa shape index (κ1) is 13.7. The molecule has 1 atom stereocenters. The summed E-state index contributed by atoms with van der Waals surface area (Å²) in [5.41, 5.74) is 0. The van der Waals surface area contributed by atoms with Crippen molar-refractivity contribution in [2.75, 3.05) is 25.6 Å². The minimum Gasteiger partial charge on any atom is -0.383 e. The summed E-state index contributed by atoms with van der Waals surface area (Å²) < 4.78 is 4.83. The molecule has 0 aliphatic carbocycles. The molecule has 1 unspecified atom stereocenters. The van der Waals surface area contributed by atoms with Crippen molar-refractivity contribution in [3.05, 3.63) is 17.5 Å². The third-order valence-corrected chi connectivity index (χ3v) is 2.15. The van der Waals surface area contributed by atoms with E-state index >= 15 is 0 Å². The Kier molecular flexibility index (Phi) is 5.65. The van der Waals surface area contributed by atoms with E-state index in [9.17, 15) is 4.79 Å². The van der Waals surface area contributed by atoms with Gasteiger partial charge in [-0.2, -0.15) is 0 Å². The fraction of sp³-hybridized carbons (Fsp3) is 0.500. The number of hydrogen-bond acceptors (Lipinski definition) is 5. The Morgan fingerprint density at radius 2 is 2.35 bits per heavy atom. The second kappa shape index (κ2) is 7.03. The van der Waals surface area contributed by atoms with Gasteiger partial charge in [0.15, 0.2) is 0 Å². The van der Waals surface area contributed by atoms with Crippen molar-refractivity contribution in [2.24, 2.45) is 0 Å². The number of carbonyl (C=O) groups excluding carboxylic acids is 1. The first-order valence-electron chi connectivity index (χ1n) is 5.14. The van der Waals surface area contributed by atoms with Gasteiger partial charge in [0.1, 0.15) is 17.0 Å². The molecule has 0 bridgehead atoms. The minimum absolute atomic E-state index is 0.135. The molecule has 7 heteroatoms. The Hall–Kier alpha value is -1.40. The van der Waals surface area contributed by atoms with Gasteiger partial charge in [0, 0.05) is 13.7 Å². The molecule has 6 nitrogen and oxygen atoms in total. The zero-order valence-corrected chi connectivity index (χ0v) is 10.5. The molecule has 0 fully saturated rings. The number of ether oxygens (including phenoxy) is 1. The SMILES string of the molecule is COCCNC(=O)C(C)Nc1cncc(Cl)n1. The molecular formula is C10H15ClN4O2. The van der Waals surface area contributed by atoms with Crippen molar-refractivity contribution < 1.29 is 9.53 Å². The van der Waals surface area contributed by atoms with Gasteiger partial charge in [0.25, 0.3) is 0 Å². The summed E-state index contributed by atoms with van der Waals surface area (Å²) in [7, 11) is 1.58. The lowest BCUT2D eigenvalue weighted by molar-refractivity contribution is -0.121. The van der Waals surface area contributed by atoms with Crippen LogP contribution in [0.5, 0.6) is 0 Å². The van der Waals surface area contributed by atoms with E-state index in [-0.39, 0.29) is 11.1 Å². The Morgan fingerprint density at radius 3 is 3.00 bits per heavy atom. The maximum Gasteiger partial charge on any atom is 0.242 e. The summed E-state index contributed by atoms with van der Waals surface area (Å²) in [6, 6.07) is -0.417. The topological polar surface area (TPSA) is 76.1 Å². The number of anilines is 1. The third kappa shape index (κ3) is 4.97.